The van der Waals surface area contributed by atoms with Crippen molar-refractivity contribution in [2.45, 2.75) is 67.2 Å². The second-order valence-corrected chi connectivity index (χ2v) is 10.5. The third-order valence-corrected chi connectivity index (χ3v) is 6.85. The number of ketones is 1. The second kappa shape index (κ2) is 15.2. The number of hydrogen-bond acceptors (Lipinski definition) is 5. The molecule has 1 fully saturated rings. The molecule has 2 aromatic carbocycles. The largest absolute Gasteiger partial charge is 0.328 e. The average Bonchev–Trinajstić information content (AvgIpc) is 3.72. The standard InChI is InChI=1S/C22H29N3O3.C8H6ClN.C2H6/c1-5-24-16(4)25(13-17-6-7-17)22(28)19-12-18(8-9-20(19)24)23-21(27)11-14(2)10-15(3)26;1-6-2-3-7(5-10)8(9)4-6;1-2/h8-9,12,14,17H,4-7,10-11,13H2,1-3H3,(H,23,27);2-4H,1H3;1-2H3. The van der Waals surface area contributed by atoms with Crippen LogP contribution in [0.2, 0.25) is 5.02 Å². The number of nitrogens with one attached hydrogen (secondary N) is 1. The van der Waals surface area contributed by atoms with Crippen LogP contribution in [0.5, 0.6) is 0 Å². The molecule has 2 aromatic rings. The molecule has 4 rings (SSSR count). The van der Waals surface area contributed by atoms with Gasteiger partial charge in [-0.2, -0.15) is 5.26 Å². The minimum Gasteiger partial charge on any atom is -0.328 e. The van der Waals surface area contributed by atoms with Crippen LogP contribution in [-0.2, 0) is 9.59 Å². The van der Waals surface area contributed by atoms with Crippen molar-refractivity contribution in [1.82, 2.24) is 4.90 Å². The summed E-state index contributed by atoms with van der Waals surface area (Å²) in [5, 5.41) is 11.9. The van der Waals surface area contributed by atoms with Gasteiger partial charge in [0, 0.05) is 31.6 Å². The number of anilines is 2. The number of halogens is 1. The molecule has 0 radical (unpaired) electrons. The molecule has 0 spiro atoms. The molecule has 1 N–H and O–H groups in total. The van der Waals surface area contributed by atoms with E-state index in [2.05, 4.69) is 11.9 Å². The Morgan fingerprint density at radius 1 is 1.15 bits per heavy atom. The van der Waals surface area contributed by atoms with E-state index in [1.807, 2.05) is 63.8 Å². The number of amides is 2. The number of fused-ring (bicyclic) bond motifs is 1. The number of benzene rings is 2. The van der Waals surface area contributed by atoms with Gasteiger partial charge < -0.3 is 15.0 Å². The number of carbonyl (C=O) groups excluding carboxylic acids is 3. The van der Waals surface area contributed by atoms with Gasteiger partial charge in [0.25, 0.3) is 5.91 Å². The minimum absolute atomic E-state index is 0.00954. The van der Waals surface area contributed by atoms with Crippen molar-refractivity contribution in [2.24, 2.45) is 11.8 Å². The van der Waals surface area contributed by atoms with Crippen LogP contribution < -0.4 is 10.2 Å². The first-order valence-electron chi connectivity index (χ1n) is 13.9. The van der Waals surface area contributed by atoms with E-state index in [1.54, 1.807) is 23.1 Å². The Labute approximate surface area is 243 Å². The quantitative estimate of drug-likeness (QED) is 0.362. The van der Waals surface area contributed by atoms with Gasteiger partial charge in [-0.15, -0.1) is 0 Å². The summed E-state index contributed by atoms with van der Waals surface area (Å²) in [6.45, 7) is 16.9. The molecule has 1 aliphatic carbocycles. The Balaban J connectivity index is 0.000000391. The van der Waals surface area contributed by atoms with Crippen LogP contribution in [0.25, 0.3) is 0 Å². The second-order valence-electron chi connectivity index (χ2n) is 10.1. The monoisotopic (exact) mass is 564 g/mol. The van der Waals surface area contributed by atoms with Gasteiger partial charge in [0.2, 0.25) is 5.91 Å². The highest BCUT2D eigenvalue weighted by molar-refractivity contribution is 6.31. The number of hydrogen-bond donors (Lipinski definition) is 1. The van der Waals surface area contributed by atoms with Gasteiger partial charge in [-0.1, -0.05) is 45.0 Å². The van der Waals surface area contributed by atoms with Crippen molar-refractivity contribution in [3.63, 3.8) is 0 Å². The predicted octanol–water partition coefficient (Wildman–Crippen LogP) is 7.34. The fourth-order valence-electron chi connectivity index (χ4n) is 4.47. The average molecular weight is 565 g/mol. The normalized spacial score (nSPS) is 14.6. The maximum absolute atomic E-state index is 13.1. The number of rotatable bonds is 8. The Bertz CT molecular complexity index is 1280. The van der Waals surface area contributed by atoms with Crippen LogP contribution in [0.3, 0.4) is 0 Å². The van der Waals surface area contributed by atoms with Gasteiger partial charge in [0.1, 0.15) is 17.7 Å². The summed E-state index contributed by atoms with van der Waals surface area (Å²) in [4.78, 5) is 40.4. The molecular formula is C32H41ClN4O3. The highest BCUT2D eigenvalue weighted by Gasteiger charge is 2.36. The zero-order chi connectivity index (χ0) is 30.0. The number of aryl methyl sites for hydroxylation is 1. The van der Waals surface area contributed by atoms with Gasteiger partial charge in [-0.05, 0) is 81.3 Å². The van der Waals surface area contributed by atoms with Gasteiger partial charge >= 0.3 is 0 Å². The van der Waals surface area contributed by atoms with Crippen molar-refractivity contribution in [3.05, 3.63) is 70.5 Å². The van der Waals surface area contributed by atoms with Crippen LogP contribution in [0.1, 0.15) is 81.8 Å². The predicted molar refractivity (Wildman–Crippen MR) is 162 cm³/mol. The van der Waals surface area contributed by atoms with E-state index in [-0.39, 0.29) is 29.9 Å². The first-order chi connectivity index (χ1) is 19.0. The van der Waals surface area contributed by atoms with E-state index in [0.717, 1.165) is 29.9 Å². The van der Waals surface area contributed by atoms with E-state index in [9.17, 15) is 14.4 Å². The lowest BCUT2D eigenvalue weighted by molar-refractivity contribution is -0.119. The summed E-state index contributed by atoms with van der Waals surface area (Å²) in [5.74, 6) is 1.15. The highest BCUT2D eigenvalue weighted by Crippen LogP contribution is 2.38. The Hall–Kier alpha value is -3.63. The van der Waals surface area contributed by atoms with Gasteiger partial charge in [-0.3, -0.25) is 14.5 Å². The SMILES string of the molecule is C=C1N(CC2CC2)C(=O)c2cc(NC(=O)CC(C)CC(C)=O)ccc2N1CC.CC.Cc1ccc(C#N)c(Cl)c1. The maximum atomic E-state index is 13.1. The van der Waals surface area contributed by atoms with Crippen molar-refractivity contribution >= 4 is 40.6 Å². The fraction of sp³-hybridized carbons (Fsp3) is 0.438. The maximum Gasteiger partial charge on any atom is 0.261 e. The molecule has 0 saturated heterocycles. The van der Waals surface area contributed by atoms with Gasteiger partial charge in [-0.25, -0.2) is 0 Å². The molecule has 7 nitrogen and oxygen atoms in total. The van der Waals surface area contributed by atoms with E-state index in [1.165, 1.54) is 6.92 Å². The molecule has 1 aliphatic heterocycles. The zero-order valence-corrected chi connectivity index (χ0v) is 25.3. The Morgan fingerprint density at radius 3 is 2.38 bits per heavy atom. The summed E-state index contributed by atoms with van der Waals surface area (Å²) in [5.41, 5.74) is 3.62. The third-order valence-electron chi connectivity index (χ3n) is 6.54. The van der Waals surface area contributed by atoms with Crippen LogP contribution in [0.15, 0.2) is 48.8 Å². The summed E-state index contributed by atoms with van der Waals surface area (Å²) < 4.78 is 0. The molecule has 8 heteroatoms. The van der Waals surface area contributed by atoms with Crippen molar-refractivity contribution in [1.29, 1.82) is 5.26 Å². The van der Waals surface area contributed by atoms with Crippen LogP contribution in [0.4, 0.5) is 11.4 Å². The lowest BCUT2D eigenvalue weighted by Crippen LogP contribution is -2.45. The van der Waals surface area contributed by atoms with E-state index in [4.69, 9.17) is 16.9 Å². The van der Waals surface area contributed by atoms with Crippen LogP contribution in [0, 0.1) is 30.1 Å². The Kier molecular flexibility index (Phi) is 12.4. The van der Waals surface area contributed by atoms with E-state index in [0.29, 0.717) is 47.3 Å². The molecule has 2 aliphatic rings. The number of carbonyl (C=O) groups is 3. The smallest absolute Gasteiger partial charge is 0.261 e. The summed E-state index contributed by atoms with van der Waals surface area (Å²) in [6.07, 6.45) is 2.98. The Morgan fingerprint density at radius 2 is 1.82 bits per heavy atom. The molecule has 2 amide bonds. The molecule has 0 bridgehead atoms. The topological polar surface area (TPSA) is 93.5 Å². The molecule has 214 valence electrons. The highest BCUT2D eigenvalue weighted by atomic mass is 35.5. The van der Waals surface area contributed by atoms with Crippen molar-refractivity contribution in [2.75, 3.05) is 23.3 Å². The van der Waals surface area contributed by atoms with Crippen LogP contribution >= 0.6 is 11.6 Å². The number of nitrogens with zero attached hydrogens (tertiary/aromatic N) is 3. The summed E-state index contributed by atoms with van der Waals surface area (Å²) >= 11 is 5.71. The molecule has 40 heavy (non-hydrogen) atoms. The molecular weight excluding hydrogens is 524 g/mol. The van der Waals surface area contributed by atoms with Gasteiger partial charge in [0.05, 0.1) is 21.8 Å². The fourth-order valence-corrected chi connectivity index (χ4v) is 4.75. The lowest BCUT2D eigenvalue weighted by atomic mass is 10.0. The first-order valence-corrected chi connectivity index (χ1v) is 14.3. The van der Waals surface area contributed by atoms with Crippen molar-refractivity contribution < 1.29 is 14.4 Å². The lowest BCUT2D eigenvalue weighted by Gasteiger charge is -2.39. The molecule has 1 saturated carbocycles. The third kappa shape index (κ3) is 8.96. The number of Topliss-reactive ketones (excluding diaryl/α,β-unsaturated/α-hetero) is 1. The van der Waals surface area contributed by atoms with Crippen LogP contribution in [-0.4, -0.2) is 35.6 Å². The van der Waals surface area contributed by atoms with E-state index >= 15 is 0 Å². The summed E-state index contributed by atoms with van der Waals surface area (Å²) in [7, 11) is 0. The zero-order valence-electron chi connectivity index (χ0n) is 24.5. The first kappa shape index (κ1) is 32.6. The molecule has 0 aromatic heterocycles. The van der Waals surface area contributed by atoms with Gasteiger partial charge in [0.15, 0.2) is 0 Å². The summed E-state index contributed by atoms with van der Waals surface area (Å²) in [6, 6.07) is 12.8. The minimum atomic E-state index is -0.149. The molecule has 1 atom stereocenters. The number of nitriles is 1. The van der Waals surface area contributed by atoms with E-state index < -0.39 is 0 Å². The van der Waals surface area contributed by atoms with Crippen molar-refractivity contribution in [3.8, 4) is 6.07 Å². The molecule has 1 heterocycles. The molecule has 1 unspecified atom stereocenters.